The Bertz CT molecular complexity index is 459. The molecule has 1 aromatic heterocycles. The number of likely N-dealkylation sites (tertiary alicyclic amines) is 1. The van der Waals surface area contributed by atoms with Crippen LogP contribution in [-0.2, 0) is 11.3 Å². The van der Waals surface area contributed by atoms with E-state index < -0.39 is 0 Å². The molecule has 3 N–H and O–H groups in total. The highest BCUT2D eigenvalue weighted by atomic mass is 16.1. The summed E-state index contributed by atoms with van der Waals surface area (Å²) >= 11 is 0. The highest BCUT2D eigenvalue weighted by molar-refractivity contribution is 5.77. The second-order valence-electron chi connectivity index (χ2n) is 5.59. The van der Waals surface area contributed by atoms with E-state index in [1.807, 2.05) is 18.3 Å². The summed E-state index contributed by atoms with van der Waals surface area (Å²) in [6.07, 6.45) is 4.61. The Balaban J connectivity index is 1.59. The molecule has 5 heteroatoms. The summed E-state index contributed by atoms with van der Waals surface area (Å²) in [6, 6.07) is 4.28. The minimum Gasteiger partial charge on any atom is -0.384 e. The molecule has 19 heavy (non-hydrogen) atoms. The highest BCUT2D eigenvalue weighted by Gasteiger charge is 2.33. The van der Waals surface area contributed by atoms with Gasteiger partial charge in [-0.3, -0.25) is 9.69 Å². The van der Waals surface area contributed by atoms with Gasteiger partial charge in [0.05, 0.1) is 0 Å². The van der Waals surface area contributed by atoms with Gasteiger partial charge in [0.1, 0.15) is 5.82 Å². The first-order valence-corrected chi connectivity index (χ1v) is 6.93. The van der Waals surface area contributed by atoms with Crippen LogP contribution in [0.5, 0.6) is 0 Å². The molecule has 0 bridgehead atoms. The Morgan fingerprint density at radius 1 is 1.42 bits per heavy atom. The van der Waals surface area contributed by atoms with Crippen molar-refractivity contribution in [3.63, 3.8) is 0 Å². The van der Waals surface area contributed by atoms with Crippen molar-refractivity contribution >= 4 is 11.7 Å². The molecule has 5 nitrogen and oxygen atoms in total. The van der Waals surface area contributed by atoms with Crippen LogP contribution in [0.4, 0.5) is 5.82 Å². The molecule has 2 aliphatic heterocycles. The zero-order chi connectivity index (χ0) is 13.2. The first-order valence-electron chi connectivity index (χ1n) is 6.93. The molecule has 2 saturated heterocycles. The van der Waals surface area contributed by atoms with E-state index in [0.29, 0.717) is 24.2 Å². The number of rotatable bonds is 2. The van der Waals surface area contributed by atoms with Gasteiger partial charge in [-0.25, -0.2) is 4.98 Å². The molecule has 1 amide bonds. The number of amides is 1. The molecule has 0 spiro atoms. The Morgan fingerprint density at radius 3 is 3.11 bits per heavy atom. The van der Waals surface area contributed by atoms with Crippen LogP contribution >= 0.6 is 0 Å². The molecule has 2 unspecified atom stereocenters. The first-order chi connectivity index (χ1) is 9.20. The largest absolute Gasteiger partial charge is 0.384 e. The zero-order valence-corrected chi connectivity index (χ0v) is 11.0. The number of aromatic nitrogens is 1. The maximum atomic E-state index is 11.4. The van der Waals surface area contributed by atoms with Gasteiger partial charge in [0, 0.05) is 38.3 Å². The predicted molar refractivity (Wildman–Crippen MR) is 73.2 cm³/mol. The lowest BCUT2D eigenvalue weighted by atomic mass is 9.85. The normalized spacial score (nSPS) is 27.7. The van der Waals surface area contributed by atoms with Crippen molar-refractivity contribution in [3.8, 4) is 0 Å². The molecule has 0 saturated carbocycles. The van der Waals surface area contributed by atoms with Gasteiger partial charge in [0.15, 0.2) is 0 Å². The molecular weight excluding hydrogens is 240 g/mol. The van der Waals surface area contributed by atoms with Crippen LogP contribution in [0.2, 0.25) is 0 Å². The van der Waals surface area contributed by atoms with Crippen LogP contribution in [0, 0.1) is 5.92 Å². The Labute approximate surface area is 113 Å². The zero-order valence-electron chi connectivity index (χ0n) is 11.0. The molecule has 2 atom stereocenters. The minimum atomic E-state index is 0.220. The number of nitrogen functional groups attached to an aromatic ring is 1. The molecule has 102 valence electrons. The van der Waals surface area contributed by atoms with Gasteiger partial charge >= 0.3 is 0 Å². The highest BCUT2D eigenvalue weighted by Crippen LogP contribution is 2.26. The second kappa shape index (κ2) is 5.17. The number of carbonyl (C=O) groups excluding carboxylic acids is 1. The van der Waals surface area contributed by atoms with E-state index in [2.05, 4.69) is 15.2 Å². The van der Waals surface area contributed by atoms with E-state index in [4.69, 9.17) is 5.73 Å². The van der Waals surface area contributed by atoms with Crippen molar-refractivity contribution in [2.75, 3.05) is 18.8 Å². The lowest BCUT2D eigenvalue weighted by Gasteiger charge is -2.41. The van der Waals surface area contributed by atoms with Gasteiger partial charge in [0.2, 0.25) is 5.91 Å². The lowest BCUT2D eigenvalue weighted by molar-refractivity contribution is -0.125. The monoisotopic (exact) mass is 260 g/mol. The smallest absolute Gasteiger partial charge is 0.220 e. The van der Waals surface area contributed by atoms with E-state index in [1.54, 1.807) is 0 Å². The predicted octanol–water partition coefficient (Wildman–Crippen LogP) is 0.764. The van der Waals surface area contributed by atoms with Gasteiger partial charge in [-0.15, -0.1) is 0 Å². The molecule has 0 aliphatic carbocycles. The Kier molecular flexibility index (Phi) is 3.38. The van der Waals surface area contributed by atoms with Gasteiger partial charge in [0.25, 0.3) is 0 Å². The third-order valence-corrected chi connectivity index (χ3v) is 4.16. The maximum absolute atomic E-state index is 11.4. The van der Waals surface area contributed by atoms with E-state index in [9.17, 15) is 4.79 Å². The Morgan fingerprint density at radius 2 is 2.32 bits per heavy atom. The molecule has 2 fully saturated rings. The Hall–Kier alpha value is -1.62. The van der Waals surface area contributed by atoms with E-state index >= 15 is 0 Å². The van der Waals surface area contributed by atoms with Crippen LogP contribution in [0.3, 0.4) is 0 Å². The summed E-state index contributed by atoms with van der Waals surface area (Å²) < 4.78 is 0. The fraction of sp³-hybridized carbons (Fsp3) is 0.571. The van der Waals surface area contributed by atoms with Crippen molar-refractivity contribution < 1.29 is 4.79 Å². The average molecular weight is 260 g/mol. The number of nitrogens with zero attached hydrogens (tertiary/aromatic N) is 2. The van der Waals surface area contributed by atoms with Crippen molar-refractivity contribution in [2.24, 2.45) is 5.92 Å². The topological polar surface area (TPSA) is 71.2 Å². The number of hydrogen-bond acceptors (Lipinski definition) is 4. The summed E-state index contributed by atoms with van der Waals surface area (Å²) in [4.78, 5) is 18.0. The minimum absolute atomic E-state index is 0.220. The molecule has 2 aliphatic rings. The number of fused-ring (bicyclic) bond motifs is 1. The van der Waals surface area contributed by atoms with Gasteiger partial charge < -0.3 is 11.1 Å². The quantitative estimate of drug-likeness (QED) is 0.823. The molecule has 3 rings (SSSR count). The first kappa shape index (κ1) is 12.4. The summed E-state index contributed by atoms with van der Waals surface area (Å²) in [7, 11) is 0. The van der Waals surface area contributed by atoms with Crippen LogP contribution in [0.1, 0.15) is 24.8 Å². The third kappa shape index (κ3) is 2.87. The number of hydrogen-bond donors (Lipinski definition) is 2. The average Bonchev–Trinajstić information content (AvgIpc) is 2.42. The fourth-order valence-electron chi connectivity index (χ4n) is 3.12. The second-order valence-corrected chi connectivity index (χ2v) is 5.59. The molecule has 1 aromatic rings. The van der Waals surface area contributed by atoms with E-state index in [1.165, 1.54) is 5.56 Å². The number of piperidine rings is 2. The molecule has 0 aromatic carbocycles. The molecule has 0 radical (unpaired) electrons. The SMILES string of the molecule is Nc1ccc(CN2CCC3NC(=O)CCC3C2)cn1. The van der Waals surface area contributed by atoms with Crippen LogP contribution in [0.15, 0.2) is 18.3 Å². The number of anilines is 1. The van der Waals surface area contributed by atoms with Gasteiger partial charge in [-0.05, 0) is 30.4 Å². The third-order valence-electron chi connectivity index (χ3n) is 4.16. The summed E-state index contributed by atoms with van der Waals surface area (Å²) in [6.45, 7) is 3.02. The standard InChI is InChI=1S/C14H20N4O/c15-13-3-1-10(7-16-13)8-18-6-5-12-11(9-18)2-4-14(19)17-12/h1,3,7,11-12H,2,4-6,8-9H2,(H2,15,16)(H,17,19). The van der Waals surface area contributed by atoms with Crippen LogP contribution in [0.25, 0.3) is 0 Å². The number of pyridine rings is 1. The van der Waals surface area contributed by atoms with E-state index in [-0.39, 0.29) is 5.91 Å². The van der Waals surface area contributed by atoms with Crippen LogP contribution < -0.4 is 11.1 Å². The summed E-state index contributed by atoms with van der Waals surface area (Å²) in [5, 5.41) is 3.12. The fourth-order valence-corrected chi connectivity index (χ4v) is 3.12. The number of nitrogens with two attached hydrogens (primary N) is 1. The maximum Gasteiger partial charge on any atom is 0.220 e. The van der Waals surface area contributed by atoms with Crippen molar-refractivity contribution in [1.82, 2.24) is 15.2 Å². The number of nitrogens with one attached hydrogen (secondary N) is 1. The summed E-state index contributed by atoms with van der Waals surface area (Å²) in [5.41, 5.74) is 6.80. The lowest BCUT2D eigenvalue weighted by Crippen LogP contribution is -2.53. The number of carbonyl (C=O) groups is 1. The van der Waals surface area contributed by atoms with Crippen molar-refractivity contribution in [3.05, 3.63) is 23.9 Å². The van der Waals surface area contributed by atoms with E-state index in [0.717, 1.165) is 32.5 Å². The van der Waals surface area contributed by atoms with Gasteiger partial charge in [-0.1, -0.05) is 6.07 Å². The van der Waals surface area contributed by atoms with Gasteiger partial charge in [-0.2, -0.15) is 0 Å². The molecule has 3 heterocycles. The summed E-state index contributed by atoms with van der Waals surface area (Å²) in [5.74, 6) is 1.39. The van der Waals surface area contributed by atoms with Crippen molar-refractivity contribution in [1.29, 1.82) is 0 Å². The van der Waals surface area contributed by atoms with Crippen molar-refractivity contribution in [2.45, 2.75) is 31.8 Å². The molecular formula is C14H20N4O. The van der Waals surface area contributed by atoms with Crippen LogP contribution in [-0.4, -0.2) is 34.9 Å².